The Hall–Kier alpha value is -1.06. The van der Waals surface area contributed by atoms with Crippen molar-refractivity contribution in [2.45, 2.75) is 44.9 Å². The van der Waals surface area contributed by atoms with E-state index in [1.54, 1.807) is 0 Å². The van der Waals surface area contributed by atoms with E-state index in [1.165, 1.54) is 0 Å². The predicted octanol–water partition coefficient (Wildman–Crippen LogP) is 1.82. The van der Waals surface area contributed by atoms with Crippen LogP contribution in [0, 0.1) is 0 Å². The normalized spacial score (nSPS) is 21.6. The van der Waals surface area contributed by atoms with Crippen LogP contribution in [0.4, 0.5) is 0 Å². The van der Waals surface area contributed by atoms with Crippen molar-refractivity contribution in [3.05, 3.63) is 0 Å². The minimum Gasteiger partial charge on any atom is -0.466 e. The van der Waals surface area contributed by atoms with E-state index in [0.29, 0.717) is 38.9 Å². The van der Waals surface area contributed by atoms with Gasteiger partial charge in [-0.2, -0.15) is 0 Å². The fraction of sp³-hybridized carbons (Fsp3) is 0.818. The lowest BCUT2D eigenvalue weighted by Crippen LogP contribution is -2.06. The molecule has 4 heteroatoms. The molecule has 1 rings (SSSR count). The summed E-state index contributed by atoms with van der Waals surface area (Å²) in [6.07, 6.45) is 4.86. The van der Waals surface area contributed by atoms with Crippen LogP contribution >= 0.6 is 0 Å². The summed E-state index contributed by atoms with van der Waals surface area (Å²) in [6, 6.07) is 0. The van der Waals surface area contributed by atoms with Crippen LogP contribution in [0.15, 0.2) is 0 Å². The van der Waals surface area contributed by atoms with Gasteiger partial charge in [-0.1, -0.05) is 0 Å². The summed E-state index contributed by atoms with van der Waals surface area (Å²) < 4.78 is 10.0. The Morgan fingerprint density at radius 2 is 1.13 bits per heavy atom. The number of carbonyl (C=O) groups excluding carboxylic acids is 2. The maximum atomic E-state index is 11.1. The molecule has 0 atom stereocenters. The van der Waals surface area contributed by atoms with E-state index in [4.69, 9.17) is 9.47 Å². The second-order valence-corrected chi connectivity index (χ2v) is 3.71. The molecule has 4 nitrogen and oxygen atoms in total. The molecule has 1 aliphatic rings. The number of carbonyl (C=O) groups is 2. The molecule has 0 unspecified atom stereocenters. The van der Waals surface area contributed by atoms with E-state index < -0.39 is 0 Å². The molecule has 0 radical (unpaired) electrons. The van der Waals surface area contributed by atoms with E-state index in [-0.39, 0.29) is 11.9 Å². The van der Waals surface area contributed by atoms with Crippen LogP contribution in [0.2, 0.25) is 0 Å². The molecule has 1 heterocycles. The molecule has 1 aliphatic heterocycles. The third kappa shape index (κ3) is 6.10. The maximum Gasteiger partial charge on any atom is 0.305 e. The van der Waals surface area contributed by atoms with Gasteiger partial charge in [-0.15, -0.1) is 0 Å². The van der Waals surface area contributed by atoms with Crippen LogP contribution in [-0.4, -0.2) is 25.2 Å². The first-order chi connectivity index (χ1) is 7.29. The summed E-state index contributed by atoms with van der Waals surface area (Å²) >= 11 is 0. The smallest absolute Gasteiger partial charge is 0.305 e. The van der Waals surface area contributed by atoms with Crippen molar-refractivity contribution in [1.82, 2.24) is 0 Å². The molecule has 0 N–H and O–H groups in total. The first-order valence-corrected chi connectivity index (χ1v) is 5.60. The second-order valence-electron chi connectivity index (χ2n) is 3.71. The van der Waals surface area contributed by atoms with Gasteiger partial charge in [0, 0.05) is 12.8 Å². The van der Waals surface area contributed by atoms with Crippen LogP contribution < -0.4 is 0 Å². The molecule has 0 spiro atoms. The van der Waals surface area contributed by atoms with Crippen molar-refractivity contribution in [2.24, 2.45) is 0 Å². The Bertz CT molecular complexity index is 191. The summed E-state index contributed by atoms with van der Waals surface area (Å²) in [5.74, 6) is -0.301. The number of rotatable bonds is 0. The van der Waals surface area contributed by atoms with Gasteiger partial charge in [-0.05, 0) is 32.1 Å². The molecule has 0 aromatic carbocycles. The number of cyclic esters (lactones) is 2. The van der Waals surface area contributed by atoms with Crippen LogP contribution in [-0.2, 0) is 19.1 Å². The molecule has 0 aromatic heterocycles. The Labute approximate surface area is 89.9 Å². The fourth-order valence-electron chi connectivity index (χ4n) is 1.44. The van der Waals surface area contributed by atoms with Gasteiger partial charge < -0.3 is 9.47 Å². The van der Waals surface area contributed by atoms with Crippen molar-refractivity contribution in [3.63, 3.8) is 0 Å². The van der Waals surface area contributed by atoms with Crippen LogP contribution in [0.1, 0.15) is 44.9 Å². The minimum atomic E-state index is -0.150. The summed E-state index contributed by atoms with van der Waals surface area (Å²) in [5, 5.41) is 0. The summed E-state index contributed by atoms with van der Waals surface area (Å²) in [4.78, 5) is 22.3. The fourth-order valence-corrected chi connectivity index (χ4v) is 1.44. The van der Waals surface area contributed by atoms with E-state index in [0.717, 1.165) is 19.3 Å². The SMILES string of the molecule is O=C1CCCCC(=O)OCCCCCO1. The minimum absolute atomic E-state index is 0.150. The zero-order valence-electron chi connectivity index (χ0n) is 9.00. The molecule has 86 valence electrons. The summed E-state index contributed by atoms with van der Waals surface area (Å²) in [6.45, 7) is 0.986. The highest BCUT2D eigenvalue weighted by Crippen LogP contribution is 2.06. The Kier molecular flexibility index (Phi) is 5.81. The maximum absolute atomic E-state index is 11.1. The summed E-state index contributed by atoms with van der Waals surface area (Å²) in [5.41, 5.74) is 0. The lowest BCUT2D eigenvalue weighted by atomic mass is 10.2. The second kappa shape index (κ2) is 7.26. The predicted molar refractivity (Wildman–Crippen MR) is 54.2 cm³/mol. The highest BCUT2D eigenvalue weighted by molar-refractivity contribution is 5.70. The molecule has 1 saturated heterocycles. The van der Waals surface area contributed by atoms with Gasteiger partial charge in [-0.3, -0.25) is 9.59 Å². The zero-order valence-corrected chi connectivity index (χ0v) is 9.00. The van der Waals surface area contributed by atoms with Gasteiger partial charge in [0.2, 0.25) is 0 Å². The van der Waals surface area contributed by atoms with E-state index in [9.17, 15) is 9.59 Å². The first kappa shape index (κ1) is 12.0. The van der Waals surface area contributed by atoms with Gasteiger partial charge in [-0.25, -0.2) is 0 Å². The van der Waals surface area contributed by atoms with Crippen LogP contribution in [0.5, 0.6) is 0 Å². The number of ether oxygens (including phenoxy) is 2. The van der Waals surface area contributed by atoms with Crippen molar-refractivity contribution >= 4 is 11.9 Å². The average Bonchev–Trinajstić information content (AvgIpc) is 2.23. The van der Waals surface area contributed by atoms with Crippen LogP contribution in [0.25, 0.3) is 0 Å². The van der Waals surface area contributed by atoms with Crippen molar-refractivity contribution in [1.29, 1.82) is 0 Å². The van der Waals surface area contributed by atoms with Gasteiger partial charge in [0.1, 0.15) is 0 Å². The summed E-state index contributed by atoms with van der Waals surface area (Å²) in [7, 11) is 0. The zero-order chi connectivity index (χ0) is 10.9. The topological polar surface area (TPSA) is 52.6 Å². The van der Waals surface area contributed by atoms with E-state index >= 15 is 0 Å². The van der Waals surface area contributed by atoms with E-state index in [1.807, 2.05) is 0 Å². The Balaban J connectivity index is 2.27. The monoisotopic (exact) mass is 214 g/mol. The third-order valence-corrected chi connectivity index (χ3v) is 2.33. The highest BCUT2D eigenvalue weighted by atomic mass is 16.5. The standard InChI is InChI=1S/C11H18O4/c12-10-6-2-3-7-11(13)15-9-5-1-4-8-14-10/h1-9H2. The van der Waals surface area contributed by atoms with Gasteiger partial charge in [0.05, 0.1) is 13.2 Å². The van der Waals surface area contributed by atoms with E-state index in [2.05, 4.69) is 0 Å². The molecule has 0 bridgehead atoms. The Morgan fingerprint density at radius 1 is 0.667 bits per heavy atom. The molecule has 0 aliphatic carbocycles. The quantitative estimate of drug-likeness (QED) is 0.577. The molecule has 1 fully saturated rings. The van der Waals surface area contributed by atoms with Gasteiger partial charge >= 0.3 is 11.9 Å². The van der Waals surface area contributed by atoms with Crippen molar-refractivity contribution in [3.8, 4) is 0 Å². The van der Waals surface area contributed by atoms with Gasteiger partial charge in [0.15, 0.2) is 0 Å². The molecule has 15 heavy (non-hydrogen) atoms. The molecular formula is C11H18O4. The first-order valence-electron chi connectivity index (χ1n) is 5.60. The molecule has 0 aromatic rings. The third-order valence-electron chi connectivity index (χ3n) is 2.33. The van der Waals surface area contributed by atoms with Crippen molar-refractivity contribution in [2.75, 3.05) is 13.2 Å². The number of hydrogen-bond acceptors (Lipinski definition) is 4. The lowest BCUT2D eigenvalue weighted by molar-refractivity contribution is -0.145. The molecule has 0 saturated carbocycles. The highest BCUT2D eigenvalue weighted by Gasteiger charge is 2.07. The number of esters is 2. The van der Waals surface area contributed by atoms with Crippen LogP contribution in [0.3, 0.4) is 0 Å². The number of hydrogen-bond donors (Lipinski definition) is 0. The Morgan fingerprint density at radius 3 is 1.60 bits per heavy atom. The molecular weight excluding hydrogens is 196 g/mol. The largest absolute Gasteiger partial charge is 0.466 e. The van der Waals surface area contributed by atoms with Crippen molar-refractivity contribution < 1.29 is 19.1 Å². The average molecular weight is 214 g/mol. The van der Waals surface area contributed by atoms with Gasteiger partial charge in [0.25, 0.3) is 0 Å². The lowest BCUT2D eigenvalue weighted by Gasteiger charge is -2.03. The molecule has 0 amide bonds.